The predicted molar refractivity (Wildman–Crippen MR) is 96.4 cm³/mol. The van der Waals surface area contributed by atoms with Crippen LogP contribution in [0.5, 0.6) is 0 Å². The van der Waals surface area contributed by atoms with E-state index in [2.05, 4.69) is 36.1 Å². The van der Waals surface area contributed by atoms with Crippen LogP contribution in [0.3, 0.4) is 0 Å². The van der Waals surface area contributed by atoms with Gasteiger partial charge < -0.3 is 20.6 Å². The van der Waals surface area contributed by atoms with Crippen LogP contribution in [0.15, 0.2) is 36.1 Å². The van der Waals surface area contributed by atoms with E-state index in [1.54, 1.807) is 0 Å². The fourth-order valence-electron chi connectivity index (χ4n) is 0.944. The Morgan fingerprint density at radius 3 is 1.95 bits per heavy atom. The third-order valence-corrected chi connectivity index (χ3v) is 2.39. The number of rotatable bonds is 0. The van der Waals surface area contributed by atoms with Crippen molar-refractivity contribution in [3.8, 4) is 0 Å². The van der Waals surface area contributed by atoms with E-state index in [0.717, 1.165) is 0 Å². The molecule has 1 nitrogen and oxygen atoms in total. The van der Waals surface area contributed by atoms with Crippen LogP contribution in [-0.2, 0) is 17.0 Å². The molecule has 110 valence electrons. The molecule has 1 aromatic heterocycles. The Bertz CT molecular complexity index is 382. The molecule has 1 aromatic carbocycles. The van der Waals surface area contributed by atoms with Crippen LogP contribution >= 0.6 is 26.8 Å². The van der Waals surface area contributed by atoms with Gasteiger partial charge in [-0.15, -0.1) is 28.6 Å². The zero-order valence-corrected chi connectivity index (χ0v) is 17.6. The third-order valence-electron chi connectivity index (χ3n) is 1.40. The van der Waals surface area contributed by atoms with Gasteiger partial charge in [0.25, 0.3) is 0 Å². The third kappa shape index (κ3) is 18.7. The normalized spacial score (nSPS) is 9.10. The van der Waals surface area contributed by atoms with Crippen LogP contribution in [0.1, 0.15) is 20.8 Å². The van der Waals surface area contributed by atoms with Gasteiger partial charge in [-0.05, 0) is 0 Å². The topological polar surface area (TPSA) is 23.8 Å². The quantitative estimate of drug-likeness (QED) is 0.351. The van der Waals surface area contributed by atoms with Crippen molar-refractivity contribution in [3.63, 3.8) is 0 Å². The Morgan fingerprint density at radius 1 is 1.15 bits per heavy atom. The van der Waals surface area contributed by atoms with Gasteiger partial charge in [-0.3, -0.25) is 0 Å². The molecular weight excluding hydrogens is 360 g/mol. The van der Waals surface area contributed by atoms with Crippen molar-refractivity contribution >= 4 is 48.3 Å². The Kier molecular flexibility index (Phi) is 23.2. The minimum atomic E-state index is -0.556. The summed E-state index contributed by atoms with van der Waals surface area (Å²) in [5.41, 5.74) is 6.69. The van der Waals surface area contributed by atoms with E-state index >= 15 is 0 Å². The fraction of sp³-hybridized carbons (Fsp3) is 0.286. The molecule has 4 radical (unpaired) electrons. The fourth-order valence-corrected chi connectivity index (χ4v) is 1.81. The van der Waals surface area contributed by atoms with E-state index in [0.29, 0.717) is 0 Å². The van der Waals surface area contributed by atoms with Crippen molar-refractivity contribution in [2.75, 3.05) is 0 Å². The molecule has 0 atom stereocenters. The molecule has 0 aliphatic rings. The molecule has 6 heteroatoms. The second-order valence-corrected chi connectivity index (χ2v) is 7.94. The van der Waals surface area contributed by atoms with Crippen molar-refractivity contribution < 1.29 is 17.0 Å². The van der Waals surface area contributed by atoms with E-state index < -0.39 is 17.0 Å². The van der Waals surface area contributed by atoms with Crippen molar-refractivity contribution in [1.82, 2.24) is 0 Å². The summed E-state index contributed by atoms with van der Waals surface area (Å²) in [6.45, 7) is 5.56. The first-order valence-corrected chi connectivity index (χ1v) is 10.3. The number of fused-ring (bicyclic) bond motifs is 1. The summed E-state index contributed by atoms with van der Waals surface area (Å²) >= 11 is -0.556. The van der Waals surface area contributed by atoms with Gasteiger partial charge in [0, 0.05) is 11.0 Å². The second-order valence-electron chi connectivity index (χ2n) is 4.33. The average Bonchev–Trinajstić information content (AvgIpc) is 2.63. The van der Waals surface area contributed by atoms with E-state index in [1.165, 1.54) is 18.7 Å². The first-order valence-electron chi connectivity index (χ1n) is 5.06. The number of hydrogen-bond donors (Lipinski definition) is 0. The van der Waals surface area contributed by atoms with Gasteiger partial charge in [-0.25, -0.2) is 0 Å². The molecule has 0 saturated heterocycles. The first-order chi connectivity index (χ1) is 7.88. The van der Waals surface area contributed by atoms with Gasteiger partial charge in [-0.1, -0.05) is 26.8 Å². The second kappa shape index (κ2) is 16.1. The zero-order chi connectivity index (χ0) is 13.3. The Balaban J connectivity index is -0.000000103. The van der Waals surface area contributed by atoms with Crippen LogP contribution in [-0.4, -0.2) is 16.5 Å². The summed E-state index contributed by atoms with van der Waals surface area (Å²) in [4.78, 5) is 0. The van der Waals surface area contributed by atoms with Crippen LogP contribution in [0.4, 0.5) is 0 Å². The summed E-state index contributed by atoms with van der Waals surface area (Å²) in [6.07, 6.45) is 0. The van der Waals surface area contributed by atoms with Gasteiger partial charge in [0.05, 0.1) is 0 Å². The zero-order valence-electron chi connectivity index (χ0n) is 12.7. The van der Waals surface area contributed by atoms with Crippen molar-refractivity contribution in [2.45, 2.75) is 26.3 Å². The number of halogens is 2. The van der Waals surface area contributed by atoms with Gasteiger partial charge >= 0.3 is 35.6 Å². The summed E-state index contributed by atoms with van der Waals surface area (Å²) < 4.78 is 0. The van der Waals surface area contributed by atoms with E-state index in [9.17, 15) is 0 Å². The maximum Gasteiger partial charge on any atom is 0 e. The number of nitrogens with one attached hydrogen (secondary N) is 1. The minimum absolute atomic E-state index is 0. The minimum Gasteiger partial charge on any atom is -0.176 e. The molecule has 0 spiro atoms. The van der Waals surface area contributed by atoms with Gasteiger partial charge in [0.2, 0.25) is 0 Å². The van der Waals surface area contributed by atoms with Gasteiger partial charge in [0.1, 0.15) is 0 Å². The average molecular weight is 382 g/mol. The monoisotopic (exact) mass is 381 g/mol. The standard InChI is InChI=1S/C8H6P.C4H10N.2CH3.2ClH.Si.Ti/c1-2-4-8-7(3-1)5-6-9-8;1-4(2,3)5;;;;;;/h1-6H;5H,1-3H3;2*1H3;2*1H;;/q4*-1;;;;+6/p-2. The maximum atomic E-state index is 6.94. The summed E-state index contributed by atoms with van der Waals surface area (Å²) in [5.74, 6) is 2.17. The Morgan fingerprint density at radius 2 is 1.55 bits per heavy atom. The largest absolute Gasteiger partial charge is 0.176 e. The molecule has 2 rings (SSSR count). The SMILES string of the molecule is CC(C)(C)[NH-].[CH3-].[CH3-].[Cl][Ti+4][Cl].[Si].c1ccc2pc[cH-]c2c1. The molecule has 0 aliphatic heterocycles. The molecule has 1 heterocycles. The predicted octanol–water partition coefficient (Wildman–Crippen LogP) is 6.87. The molecule has 0 fully saturated rings. The van der Waals surface area contributed by atoms with Crippen molar-refractivity contribution in [2.24, 2.45) is 0 Å². The van der Waals surface area contributed by atoms with Crippen LogP contribution in [0, 0.1) is 14.9 Å². The Labute approximate surface area is 147 Å². The molecule has 0 aliphatic carbocycles. The molecule has 20 heavy (non-hydrogen) atoms. The maximum absolute atomic E-state index is 6.94. The number of hydrogen-bond acceptors (Lipinski definition) is 0. The van der Waals surface area contributed by atoms with E-state index in [4.69, 9.17) is 24.3 Å². The van der Waals surface area contributed by atoms with Crippen LogP contribution < -0.4 is 0 Å². The first kappa shape index (κ1) is 28.8. The Hall–Kier alpha value is 0.731. The summed E-state index contributed by atoms with van der Waals surface area (Å²) in [5, 5.41) is 2.80. The molecule has 2 aromatic rings. The molecule has 0 bridgehead atoms. The van der Waals surface area contributed by atoms with Crippen LogP contribution in [0.25, 0.3) is 16.2 Å². The smallest absolute Gasteiger partial charge is 0 e. The van der Waals surface area contributed by atoms with Crippen molar-refractivity contribution in [1.29, 1.82) is 0 Å². The number of benzene rings is 1. The van der Waals surface area contributed by atoms with E-state index in [1.807, 2.05) is 20.8 Å². The molecule has 0 amide bonds. The van der Waals surface area contributed by atoms with Gasteiger partial charge in [0.15, 0.2) is 0 Å². The molecular formula is C14H22Cl2NPSiTi. The summed E-state index contributed by atoms with van der Waals surface area (Å²) in [6, 6.07) is 10.6. The molecule has 0 saturated carbocycles. The van der Waals surface area contributed by atoms with Crippen molar-refractivity contribution in [3.05, 3.63) is 56.7 Å². The van der Waals surface area contributed by atoms with Crippen LogP contribution in [0.2, 0.25) is 0 Å². The molecule has 1 N–H and O–H groups in total. The summed E-state index contributed by atoms with van der Waals surface area (Å²) in [7, 11) is 11.1. The van der Waals surface area contributed by atoms with Gasteiger partial charge in [-0.2, -0.15) is 25.7 Å². The van der Waals surface area contributed by atoms with E-state index in [-0.39, 0.29) is 31.4 Å². The molecule has 0 unspecified atom stereocenters.